The zero-order chi connectivity index (χ0) is 37.1. The summed E-state index contributed by atoms with van der Waals surface area (Å²) in [5, 5.41) is 2.28. The fourth-order valence-electron chi connectivity index (χ4n) is 8.95. The first-order valence-corrected chi connectivity index (χ1v) is 19.0. The van der Waals surface area contributed by atoms with Crippen molar-refractivity contribution >= 4 is 21.8 Å². The van der Waals surface area contributed by atoms with Crippen molar-refractivity contribution in [2.75, 3.05) is 0 Å². The van der Waals surface area contributed by atoms with E-state index in [9.17, 15) is 0 Å². The molecule has 56 heavy (non-hydrogen) atoms. The smallest absolute Gasteiger partial charge is 0.238 e. The maximum Gasteiger partial charge on any atom is 0.238 e. The van der Waals surface area contributed by atoms with E-state index >= 15 is 0 Å². The third-order valence-corrected chi connectivity index (χ3v) is 11.3. The number of nitrogens with zero attached hydrogens (tertiary/aromatic N) is 4. The van der Waals surface area contributed by atoms with Crippen LogP contribution in [0.25, 0.3) is 72.8 Å². The van der Waals surface area contributed by atoms with E-state index in [1.807, 2.05) is 36.4 Å². The topological polar surface area (TPSA) is 43.6 Å². The van der Waals surface area contributed by atoms with Gasteiger partial charge in [-0.25, -0.2) is 4.98 Å². The second-order valence-electron chi connectivity index (χ2n) is 14.4. The van der Waals surface area contributed by atoms with Gasteiger partial charge in [-0.1, -0.05) is 200 Å². The highest BCUT2D eigenvalue weighted by Gasteiger charge is 2.48. The summed E-state index contributed by atoms with van der Waals surface area (Å²) in [6, 6.07) is 73.4. The molecule has 2 heterocycles. The van der Waals surface area contributed by atoms with Crippen molar-refractivity contribution in [2.45, 2.75) is 5.41 Å². The molecule has 0 unspecified atom stereocenters. The summed E-state index contributed by atoms with van der Waals surface area (Å²) < 4.78 is 2.32. The third kappa shape index (κ3) is 4.83. The van der Waals surface area contributed by atoms with Crippen molar-refractivity contribution in [3.8, 4) is 51.0 Å². The highest BCUT2D eigenvalue weighted by atomic mass is 15.2. The molecule has 0 saturated heterocycles. The lowest BCUT2D eigenvalue weighted by Gasteiger charge is -2.34. The van der Waals surface area contributed by atoms with Crippen LogP contribution in [-0.4, -0.2) is 19.5 Å². The van der Waals surface area contributed by atoms with E-state index in [2.05, 4.69) is 174 Å². The standard InChI is InChI=1S/C52H34N4/c1-6-18-35(19-7-1)38-30-31-42-44-33-32-43-41-28-16-17-29-45(41)52(39-24-12-4-13-25-39,40-26-14-5-15-27-40)47(43)48(44)56(46(42)34-38)51-54-49(36-20-8-2-9-21-36)53-50(55-51)37-22-10-3-11-23-37/h1-34H. The van der Waals surface area contributed by atoms with Gasteiger partial charge in [0.2, 0.25) is 5.95 Å². The van der Waals surface area contributed by atoms with Crippen LogP contribution in [0.5, 0.6) is 0 Å². The quantitative estimate of drug-likeness (QED) is 0.172. The average Bonchev–Trinajstić information content (AvgIpc) is 3.78. The SMILES string of the molecule is c1ccc(-c2ccc3c4ccc5c(c4n(-c4nc(-c6ccccc6)nc(-c6ccccc6)n4)c3c2)C(c2ccccc2)(c2ccccc2)c2ccccc2-5)cc1. The number of aromatic nitrogens is 4. The summed E-state index contributed by atoms with van der Waals surface area (Å²) in [5.41, 5.74) is 12.9. The Hall–Kier alpha value is -7.43. The number of fused-ring (bicyclic) bond motifs is 7. The molecule has 2 aromatic heterocycles. The Labute approximate surface area is 325 Å². The average molecular weight is 715 g/mol. The molecule has 1 aliphatic rings. The van der Waals surface area contributed by atoms with Gasteiger partial charge in [0.25, 0.3) is 0 Å². The van der Waals surface area contributed by atoms with Crippen molar-refractivity contribution in [3.05, 3.63) is 229 Å². The molecule has 0 bridgehead atoms. The van der Waals surface area contributed by atoms with Crippen molar-refractivity contribution in [3.63, 3.8) is 0 Å². The van der Waals surface area contributed by atoms with Gasteiger partial charge < -0.3 is 0 Å². The summed E-state index contributed by atoms with van der Waals surface area (Å²) in [4.78, 5) is 15.9. The van der Waals surface area contributed by atoms with E-state index in [-0.39, 0.29) is 0 Å². The minimum Gasteiger partial charge on any atom is -0.277 e. The molecule has 0 aliphatic heterocycles. The van der Waals surface area contributed by atoms with Crippen LogP contribution in [0, 0.1) is 0 Å². The monoisotopic (exact) mass is 714 g/mol. The Morgan fingerprint density at radius 2 is 0.875 bits per heavy atom. The largest absolute Gasteiger partial charge is 0.277 e. The molecule has 10 aromatic rings. The Bertz CT molecular complexity index is 2950. The van der Waals surface area contributed by atoms with Crippen LogP contribution in [0.2, 0.25) is 0 Å². The van der Waals surface area contributed by atoms with Crippen molar-refractivity contribution < 1.29 is 0 Å². The van der Waals surface area contributed by atoms with Gasteiger partial charge in [0.05, 0.1) is 16.4 Å². The molecule has 0 spiro atoms. The van der Waals surface area contributed by atoms with Crippen LogP contribution in [0.3, 0.4) is 0 Å². The van der Waals surface area contributed by atoms with Crippen LogP contribution in [0.15, 0.2) is 206 Å². The first-order chi connectivity index (χ1) is 27.8. The number of benzene rings is 8. The number of hydrogen-bond donors (Lipinski definition) is 0. The number of hydrogen-bond acceptors (Lipinski definition) is 3. The van der Waals surface area contributed by atoms with Crippen molar-refractivity contribution in [1.82, 2.24) is 19.5 Å². The van der Waals surface area contributed by atoms with Gasteiger partial charge in [0.15, 0.2) is 11.6 Å². The van der Waals surface area contributed by atoms with Crippen molar-refractivity contribution in [1.29, 1.82) is 0 Å². The van der Waals surface area contributed by atoms with E-state index in [4.69, 9.17) is 15.0 Å². The van der Waals surface area contributed by atoms with Crippen LogP contribution < -0.4 is 0 Å². The molecule has 1 aliphatic carbocycles. The maximum atomic E-state index is 5.38. The molecule has 0 N–H and O–H groups in total. The predicted molar refractivity (Wildman–Crippen MR) is 228 cm³/mol. The molecule has 262 valence electrons. The Morgan fingerprint density at radius 1 is 0.375 bits per heavy atom. The van der Waals surface area contributed by atoms with Crippen LogP contribution in [-0.2, 0) is 5.41 Å². The minimum atomic E-state index is -0.639. The lowest BCUT2D eigenvalue weighted by Crippen LogP contribution is -2.29. The van der Waals surface area contributed by atoms with E-state index < -0.39 is 5.41 Å². The molecule has 4 nitrogen and oxygen atoms in total. The van der Waals surface area contributed by atoms with Crippen molar-refractivity contribution in [2.24, 2.45) is 0 Å². The van der Waals surface area contributed by atoms with Gasteiger partial charge in [-0.3, -0.25) is 4.57 Å². The van der Waals surface area contributed by atoms with E-state index in [1.165, 1.54) is 33.4 Å². The van der Waals surface area contributed by atoms with E-state index in [0.717, 1.165) is 44.1 Å². The zero-order valence-corrected chi connectivity index (χ0v) is 30.4. The van der Waals surface area contributed by atoms with Gasteiger partial charge in [-0.2, -0.15) is 9.97 Å². The highest BCUT2D eigenvalue weighted by molar-refractivity contribution is 6.14. The predicted octanol–water partition coefficient (Wildman–Crippen LogP) is 12.3. The Kier molecular flexibility index (Phi) is 7.36. The van der Waals surface area contributed by atoms with Gasteiger partial charge in [0.1, 0.15) is 0 Å². The second kappa shape index (κ2) is 12.9. The molecule has 4 heteroatoms. The molecule has 0 atom stereocenters. The normalized spacial score (nSPS) is 12.8. The Morgan fingerprint density at radius 3 is 1.46 bits per heavy atom. The molecule has 0 fully saturated rings. The van der Waals surface area contributed by atoms with Gasteiger partial charge in [0, 0.05) is 27.5 Å². The lowest BCUT2D eigenvalue weighted by molar-refractivity contribution is 0.770. The molecular weight excluding hydrogens is 681 g/mol. The second-order valence-corrected chi connectivity index (χ2v) is 14.4. The Balaban J connectivity index is 1.34. The molecular formula is C52H34N4. The minimum absolute atomic E-state index is 0.572. The molecule has 0 radical (unpaired) electrons. The lowest BCUT2D eigenvalue weighted by atomic mass is 9.67. The van der Waals surface area contributed by atoms with Crippen LogP contribution >= 0.6 is 0 Å². The van der Waals surface area contributed by atoms with Gasteiger partial charge in [-0.15, -0.1) is 0 Å². The summed E-state index contributed by atoms with van der Waals surface area (Å²) in [6.45, 7) is 0. The summed E-state index contributed by atoms with van der Waals surface area (Å²) >= 11 is 0. The zero-order valence-electron chi connectivity index (χ0n) is 30.4. The number of rotatable bonds is 6. The maximum absolute atomic E-state index is 5.38. The highest BCUT2D eigenvalue weighted by Crippen LogP contribution is 2.59. The summed E-state index contributed by atoms with van der Waals surface area (Å²) in [7, 11) is 0. The molecule has 0 amide bonds. The van der Waals surface area contributed by atoms with Crippen LogP contribution in [0.4, 0.5) is 0 Å². The molecule has 8 aromatic carbocycles. The van der Waals surface area contributed by atoms with Crippen LogP contribution in [0.1, 0.15) is 22.3 Å². The summed E-state index contributed by atoms with van der Waals surface area (Å²) in [5.74, 6) is 1.82. The third-order valence-electron chi connectivity index (χ3n) is 11.3. The molecule has 0 saturated carbocycles. The fraction of sp³-hybridized carbons (Fsp3) is 0.0192. The van der Waals surface area contributed by atoms with E-state index in [0.29, 0.717) is 17.6 Å². The fourth-order valence-corrected chi connectivity index (χ4v) is 8.95. The van der Waals surface area contributed by atoms with Gasteiger partial charge >= 0.3 is 0 Å². The van der Waals surface area contributed by atoms with Gasteiger partial charge in [-0.05, 0) is 45.0 Å². The first-order valence-electron chi connectivity index (χ1n) is 19.0. The first kappa shape index (κ1) is 32.0. The summed E-state index contributed by atoms with van der Waals surface area (Å²) in [6.07, 6.45) is 0. The van der Waals surface area contributed by atoms with E-state index in [1.54, 1.807) is 0 Å². The molecule has 11 rings (SSSR count).